The number of hydrogen-bond acceptors (Lipinski definition) is 3. The van der Waals surface area contributed by atoms with Crippen LogP contribution in [0.2, 0.25) is 5.02 Å². The Hall–Kier alpha value is -1.05. The van der Waals surface area contributed by atoms with Crippen LogP contribution >= 0.6 is 27.5 Å². The van der Waals surface area contributed by atoms with Crippen molar-refractivity contribution in [2.75, 3.05) is 11.9 Å². The van der Waals surface area contributed by atoms with Gasteiger partial charge in [-0.3, -0.25) is 0 Å². The summed E-state index contributed by atoms with van der Waals surface area (Å²) in [5.41, 5.74) is 0.219. The molecule has 1 heterocycles. The zero-order valence-corrected chi connectivity index (χ0v) is 9.56. The number of pyridine rings is 1. The van der Waals surface area contributed by atoms with Crippen LogP contribution in [-0.2, 0) is 0 Å². The van der Waals surface area contributed by atoms with E-state index in [-0.39, 0.29) is 5.69 Å². The average molecular weight is 273 g/mol. The maximum atomic E-state index is 8.67. The molecular formula is C9H7BrClN3. The second kappa shape index (κ2) is 4.99. The molecule has 5 heteroatoms. The molecule has 1 N–H and O–H groups in total. The van der Waals surface area contributed by atoms with Crippen LogP contribution in [0.5, 0.6) is 0 Å². The van der Waals surface area contributed by atoms with Crippen molar-refractivity contribution < 1.29 is 0 Å². The van der Waals surface area contributed by atoms with Gasteiger partial charge in [-0.05, 0) is 12.1 Å². The first-order valence-electron chi connectivity index (χ1n) is 3.77. The summed E-state index contributed by atoms with van der Waals surface area (Å²) in [6.07, 6.45) is 0. The number of nitriles is 1. The molecule has 0 amide bonds. The van der Waals surface area contributed by atoms with E-state index in [1.165, 1.54) is 0 Å². The third-order valence-electron chi connectivity index (χ3n) is 1.41. The van der Waals surface area contributed by atoms with E-state index in [2.05, 4.69) is 32.8 Å². The molecule has 72 valence electrons. The minimum atomic E-state index is 0.219. The highest BCUT2D eigenvalue weighted by atomic mass is 79.9. The topological polar surface area (TPSA) is 48.7 Å². The van der Waals surface area contributed by atoms with E-state index in [9.17, 15) is 0 Å². The maximum Gasteiger partial charge on any atom is 0.161 e. The molecule has 0 unspecified atom stereocenters. The van der Waals surface area contributed by atoms with E-state index >= 15 is 0 Å². The van der Waals surface area contributed by atoms with E-state index < -0.39 is 0 Å². The van der Waals surface area contributed by atoms with Gasteiger partial charge in [-0.15, -0.1) is 0 Å². The minimum Gasteiger partial charge on any atom is -0.365 e. The Labute approximate surface area is 95.5 Å². The van der Waals surface area contributed by atoms with E-state index in [1.807, 2.05) is 6.07 Å². The van der Waals surface area contributed by atoms with Gasteiger partial charge in [-0.25, -0.2) is 4.98 Å². The number of hydrogen-bond donors (Lipinski definition) is 1. The molecule has 1 aromatic rings. The molecule has 0 aliphatic heterocycles. The van der Waals surface area contributed by atoms with Gasteiger partial charge in [0.05, 0.1) is 5.02 Å². The Morgan fingerprint density at radius 1 is 1.71 bits per heavy atom. The summed E-state index contributed by atoms with van der Waals surface area (Å²) < 4.78 is 0.813. The molecule has 0 aromatic carbocycles. The molecule has 3 nitrogen and oxygen atoms in total. The van der Waals surface area contributed by atoms with Crippen LogP contribution in [-0.4, -0.2) is 11.5 Å². The predicted molar refractivity (Wildman–Crippen MR) is 60.5 cm³/mol. The standard InChI is InChI=1S/C9H7BrClN3/c1-6(10)5-13-9-3-2-7(11)8(4-12)14-9/h2-3H,1,5H2,(H,13,14). The van der Waals surface area contributed by atoms with Gasteiger partial charge < -0.3 is 5.32 Å². The Morgan fingerprint density at radius 3 is 3.00 bits per heavy atom. The lowest BCUT2D eigenvalue weighted by molar-refractivity contribution is 1.20. The lowest BCUT2D eigenvalue weighted by Gasteiger charge is -2.04. The van der Waals surface area contributed by atoms with E-state index in [0.717, 1.165) is 4.48 Å². The normalized spacial score (nSPS) is 9.21. The molecule has 14 heavy (non-hydrogen) atoms. The summed E-state index contributed by atoms with van der Waals surface area (Å²) in [5.74, 6) is 0.603. The van der Waals surface area contributed by atoms with Crippen LogP contribution in [0.3, 0.4) is 0 Å². The summed E-state index contributed by atoms with van der Waals surface area (Å²) in [6.45, 7) is 4.22. The number of halogens is 2. The highest BCUT2D eigenvalue weighted by Gasteiger charge is 2.02. The Kier molecular flexibility index (Phi) is 3.93. The third-order valence-corrected chi connectivity index (χ3v) is 2.00. The second-order valence-corrected chi connectivity index (χ2v) is 4.04. The lowest BCUT2D eigenvalue weighted by Crippen LogP contribution is -2.03. The maximum absolute atomic E-state index is 8.67. The zero-order chi connectivity index (χ0) is 10.6. The largest absolute Gasteiger partial charge is 0.365 e. The average Bonchev–Trinajstić information content (AvgIpc) is 2.16. The van der Waals surface area contributed by atoms with Crippen LogP contribution < -0.4 is 5.32 Å². The molecule has 1 aromatic heterocycles. The monoisotopic (exact) mass is 271 g/mol. The van der Waals surface area contributed by atoms with Crippen LogP contribution in [0.25, 0.3) is 0 Å². The number of rotatable bonds is 3. The molecule has 0 bridgehead atoms. The van der Waals surface area contributed by atoms with Crippen LogP contribution in [0, 0.1) is 11.3 Å². The van der Waals surface area contributed by atoms with Gasteiger partial charge in [0.25, 0.3) is 0 Å². The molecule has 0 saturated carbocycles. The number of nitrogens with zero attached hydrogens (tertiary/aromatic N) is 2. The molecule has 0 radical (unpaired) electrons. The van der Waals surface area contributed by atoms with Gasteiger partial charge in [0.1, 0.15) is 11.9 Å². The Bertz CT molecular complexity index is 398. The van der Waals surface area contributed by atoms with E-state index in [4.69, 9.17) is 16.9 Å². The second-order valence-electron chi connectivity index (χ2n) is 2.51. The van der Waals surface area contributed by atoms with Gasteiger partial charge in [-0.2, -0.15) is 5.26 Å². The van der Waals surface area contributed by atoms with E-state index in [1.54, 1.807) is 12.1 Å². The van der Waals surface area contributed by atoms with Gasteiger partial charge >= 0.3 is 0 Å². The van der Waals surface area contributed by atoms with Crippen molar-refractivity contribution in [2.24, 2.45) is 0 Å². The van der Waals surface area contributed by atoms with Crippen molar-refractivity contribution in [2.45, 2.75) is 0 Å². The summed E-state index contributed by atoms with van der Waals surface area (Å²) >= 11 is 8.93. The Balaban J connectivity index is 2.80. The van der Waals surface area contributed by atoms with Crippen molar-refractivity contribution in [1.29, 1.82) is 5.26 Å². The summed E-state index contributed by atoms with van der Waals surface area (Å²) in [4.78, 5) is 4.00. The molecule has 0 spiro atoms. The predicted octanol–water partition coefficient (Wildman–Crippen LogP) is 2.93. The SMILES string of the molecule is C=C(Br)CNc1ccc(Cl)c(C#N)n1. The number of aromatic nitrogens is 1. The highest BCUT2D eigenvalue weighted by molar-refractivity contribution is 9.11. The van der Waals surface area contributed by atoms with Gasteiger partial charge in [0.2, 0.25) is 0 Å². The van der Waals surface area contributed by atoms with Crippen molar-refractivity contribution in [1.82, 2.24) is 4.98 Å². The molecular weight excluding hydrogens is 265 g/mol. The van der Waals surface area contributed by atoms with Crippen LogP contribution in [0.1, 0.15) is 5.69 Å². The third kappa shape index (κ3) is 3.02. The Morgan fingerprint density at radius 2 is 2.43 bits per heavy atom. The molecule has 0 fully saturated rings. The molecule has 0 saturated heterocycles. The first-order valence-corrected chi connectivity index (χ1v) is 4.94. The van der Waals surface area contributed by atoms with Gasteiger partial charge in [0.15, 0.2) is 5.69 Å². The molecule has 0 aliphatic carbocycles. The summed E-state index contributed by atoms with van der Waals surface area (Å²) in [7, 11) is 0. The molecule has 1 rings (SSSR count). The van der Waals surface area contributed by atoms with Crippen LogP contribution in [0.4, 0.5) is 5.82 Å². The van der Waals surface area contributed by atoms with E-state index in [0.29, 0.717) is 17.4 Å². The first kappa shape index (κ1) is 11.0. The number of anilines is 1. The first-order chi connectivity index (χ1) is 6.63. The molecule has 0 aliphatic rings. The van der Waals surface area contributed by atoms with Crippen molar-refractivity contribution in [3.8, 4) is 6.07 Å². The quantitative estimate of drug-likeness (QED) is 0.920. The smallest absolute Gasteiger partial charge is 0.161 e. The zero-order valence-electron chi connectivity index (χ0n) is 7.22. The van der Waals surface area contributed by atoms with Crippen LogP contribution in [0.15, 0.2) is 23.2 Å². The van der Waals surface area contributed by atoms with Crippen molar-refractivity contribution in [3.63, 3.8) is 0 Å². The fourth-order valence-corrected chi connectivity index (χ4v) is 1.09. The van der Waals surface area contributed by atoms with Crippen molar-refractivity contribution >= 4 is 33.3 Å². The summed E-state index contributed by atoms with van der Waals surface area (Å²) in [6, 6.07) is 5.24. The minimum absolute atomic E-state index is 0.219. The van der Waals surface area contributed by atoms with Crippen molar-refractivity contribution in [3.05, 3.63) is 33.9 Å². The molecule has 0 atom stereocenters. The number of nitrogens with one attached hydrogen (secondary N) is 1. The van der Waals surface area contributed by atoms with Gasteiger partial charge in [0, 0.05) is 11.0 Å². The lowest BCUT2D eigenvalue weighted by atomic mass is 10.3. The summed E-state index contributed by atoms with van der Waals surface area (Å²) in [5, 5.41) is 12.0. The fraction of sp³-hybridized carbons (Fsp3) is 0.111. The highest BCUT2D eigenvalue weighted by Crippen LogP contribution is 2.15. The van der Waals surface area contributed by atoms with Gasteiger partial charge in [-0.1, -0.05) is 34.1 Å². The fourth-order valence-electron chi connectivity index (χ4n) is 0.805.